The Morgan fingerprint density at radius 2 is 2.00 bits per heavy atom. The lowest BCUT2D eigenvalue weighted by Gasteiger charge is -2.20. The smallest absolute Gasteiger partial charge is 0.243 e. The van der Waals surface area contributed by atoms with Gasteiger partial charge in [0.25, 0.3) is 0 Å². The van der Waals surface area contributed by atoms with E-state index in [1.807, 2.05) is 4.90 Å². The zero-order valence-corrected chi connectivity index (χ0v) is 11.4. The minimum absolute atomic E-state index is 0.311. The molecule has 104 valence electrons. The molecule has 1 amide bonds. The number of nitrogens with zero attached hydrogens (tertiary/aromatic N) is 1. The molecule has 1 aliphatic heterocycles. The molecule has 1 aliphatic rings. The summed E-state index contributed by atoms with van der Waals surface area (Å²) in [6.45, 7) is 4.99. The van der Waals surface area contributed by atoms with Gasteiger partial charge in [0, 0.05) is 18.8 Å². The van der Waals surface area contributed by atoms with Crippen molar-refractivity contribution in [2.24, 2.45) is 5.73 Å². The molecule has 1 aromatic rings. The highest BCUT2D eigenvalue weighted by Crippen LogP contribution is 2.26. The van der Waals surface area contributed by atoms with Gasteiger partial charge in [-0.3, -0.25) is 4.79 Å². The average Bonchev–Trinajstić information content (AvgIpc) is 2.81. The van der Waals surface area contributed by atoms with Crippen molar-refractivity contribution in [3.63, 3.8) is 0 Å². The standard InChI is InChI=1S/C14H20FN3O/c1-14(2,16)13(19)17-10-5-6-12(11(15)9-10)18-7-3-4-8-18/h5-6,9H,3-4,7-8,16H2,1-2H3,(H,17,19). The first kappa shape index (κ1) is 13.8. The number of hydrogen-bond acceptors (Lipinski definition) is 3. The second-order valence-corrected chi connectivity index (χ2v) is 5.54. The maximum atomic E-state index is 14.0. The highest BCUT2D eigenvalue weighted by molar-refractivity contribution is 5.97. The molecule has 0 spiro atoms. The highest BCUT2D eigenvalue weighted by atomic mass is 19.1. The van der Waals surface area contributed by atoms with E-state index in [1.54, 1.807) is 26.0 Å². The predicted molar refractivity (Wildman–Crippen MR) is 74.7 cm³/mol. The number of nitrogens with two attached hydrogens (primary N) is 1. The summed E-state index contributed by atoms with van der Waals surface area (Å²) in [7, 11) is 0. The number of benzene rings is 1. The molecule has 0 aromatic heterocycles. The van der Waals surface area contributed by atoms with Crippen molar-refractivity contribution in [2.75, 3.05) is 23.3 Å². The molecule has 0 saturated carbocycles. The average molecular weight is 265 g/mol. The van der Waals surface area contributed by atoms with Gasteiger partial charge in [-0.05, 0) is 44.9 Å². The van der Waals surface area contributed by atoms with Gasteiger partial charge in [0.2, 0.25) is 5.91 Å². The first-order chi connectivity index (χ1) is 8.88. The van der Waals surface area contributed by atoms with Crippen molar-refractivity contribution in [3.8, 4) is 0 Å². The normalized spacial score (nSPS) is 15.7. The second kappa shape index (κ2) is 5.17. The molecular formula is C14H20FN3O. The Bertz CT molecular complexity index is 476. The van der Waals surface area contributed by atoms with Crippen molar-refractivity contribution in [3.05, 3.63) is 24.0 Å². The summed E-state index contributed by atoms with van der Waals surface area (Å²) in [6.07, 6.45) is 2.19. The zero-order valence-electron chi connectivity index (χ0n) is 11.4. The monoisotopic (exact) mass is 265 g/mol. The third kappa shape index (κ3) is 3.23. The summed E-state index contributed by atoms with van der Waals surface area (Å²) < 4.78 is 14.0. The van der Waals surface area contributed by atoms with Gasteiger partial charge in [-0.15, -0.1) is 0 Å². The molecule has 3 N–H and O–H groups in total. The first-order valence-electron chi connectivity index (χ1n) is 6.53. The number of hydrogen-bond donors (Lipinski definition) is 2. The van der Waals surface area contributed by atoms with Gasteiger partial charge in [0.05, 0.1) is 11.2 Å². The second-order valence-electron chi connectivity index (χ2n) is 5.54. The predicted octanol–water partition coefficient (Wildman–Crippen LogP) is 2.10. The highest BCUT2D eigenvalue weighted by Gasteiger charge is 2.22. The van der Waals surface area contributed by atoms with Crippen LogP contribution in [0.5, 0.6) is 0 Å². The molecule has 19 heavy (non-hydrogen) atoms. The van der Waals surface area contributed by atoms with Crippen LogP contribution >= 0.6 is 0 Å². The van der Waals surface area contributed by atoms with Gasteiger partial charge in [0.15, 0.2) is 0 Å². The Labute approximate surface area is 112 Å². The van der Waals surface area contributed by atoms with Gasteiger partial charge >= 0.3 is 0 Å². The summed E-state index contributed by atoms with van der Waals surface area (Å²) in [5.41, 5.74) is 5.73. The number of nitrogens with one attached hydrogen (secondary N) is 1. The topological polar surface area (TPSA) is 58.4 Å². The number of carbonyl (C=O) groups excluding carboxylic acids is 1. The Kier molecular flexibility index (Phi) is 3.75. The fraction of sp³-hybridized carbons (Fsp3) is 0.500. The summed E-state index contributed by atoms with van der Waals surface area (Å²) in [5.74, 6) is -0.643. The van der Waals surface area contributed by atoms with E-state index in [1.165, 1.54) is 6.07 Å². The fourth-order valence-corrected chi connectivity index (χ4v) is 2.09. The first-order valence-corrected chi connectivity index (χ1v) is 6.53. The largest absolute Gasteiger partial charge is 0.369 e. The molecule has 0 aliphatic carbocycles. The van der Waals surface area contributed by atoms with Crippen LogP contribution in [0.4, 0.5) is 15.8 Å². The molecule has 1 saturated heterocycles. The Hall–Kier alpha value is -1.62. The van der Waals surface area contributed by atoms with Crippen LogP contribution in [0.15, 0.2) is 18.2 Å². The van der Waals surface area contributed by atoms with Crippen LogP contribution in [-0.2, 0) is 4.79 Å². The summed E-state index contributed by atoms with van der Waals surface area (Å²) in [5, 5.41) is 2.62. The van der Waals surface area contributed by atoms with Crippen LogP contribution in [0.25, 0.3) is 0 Å². The van der Waals surface area contributed by atoms with Crippen molar-refractivity contribution >= 4 is 17.3 Å². The maximum Gasteiger partial charge on any atom is 0.243 e. The van der Waals surface area contributed by atoms with Gasteiger partial charge in [-0.25, -0.2) is 4.39 Å². The molecule has 0 unspecified atom stereocenters. The zero-order chi connectivity index (χ0) is 14.0. The molecule has 1 fully saturated rings. The molecule has 4 nitrogen and oxygen atoms in total. The minimum Gasteiger partial charge on any atom is -0.369 e. The number of rotatable bonds is 3. The van der Waals surface area contributed by atoms with E-state index in [-0.39, 0.29) is 11.7 Å². The molecule has 1 heterocycles. The van der Waals surface area contributed by atoms with Gasteiger partial charge in [-0.2, -0.15) is 0 Å². The van der Waals surface area contributed by atoms with Crippen LogP contribution < -0.4 is 16.0 Å². The Morgan fingerprint density at radius 1 is 1.37 bits per heavy atom. The molecular weight excluding hydrogens is 245 g/mol. The fourth-order valence-electron chi connectivity index (χ4n) is 2.09. The Morgan fingerprint density at radius 3 is 2.53 bits per heavy atom. The number of amides is 1. The summed E-state index contributed by atoms with van der Waals surface area (Å²) in [6, 6.07) is 4.76. The van der Waals surface area contributed by atoms with E-state index in [0.29, 0.717) is 11.4 Å². The molecule has 0 radical (unpaired) electrons. The lowest BCUT2D eigenvalue weighted by atomic mass is 10.1. The van der Waals surface area contributed by atoms with Crippen molar-refractivity contribution < 1.29 is 9.18 Å². The van der Waals surface area contributed by atoms with Crippen molar-refractivity contribution in [2.45, 2.75) is 32.2 Å². The van der Waals surface area contributed by atoms with Crippen LogP contribution in [0.2, 0.25) is 0 Å². The van der Waals surface area contributed by atoms with E-state index in [9.17, 15) is 9.18 Å². The van der Waals surface area contributed by atoms with Crippen LogP contribution in [0.3, 0.4) is 0 Å². The third-order valence-corrected chi connectivity index (χ3v) is 3.24. The van der Waals surface area contributed by atoms with Crippen molar-refractivity contribution in [1.82, 2.24) is 0 Å². The summed E-state index contributed by atoms with van der Waals surface area (Å²) >= 11 is 0. The van der Waals surface area contributed by atoms with E-state index in [2.05, 4.69) is 5.32 Å². The van der Waals surface area contributed by atoms with E-state index >= 15 is 0 Å². The van der Waals surface area contributed by atoms with Crippen LogP contribution in [0, 0.1) is 5.82 Å². The van der Waals surface area contributed by atoms with Gasteiger partial charge < -0.3 is 16.0 Å². The molecule has 1 aromatic carbocycles. The van der Waals surface area contributed by atoms with Gasteiger partial charge in [-0.1, -0.05) is 0 Å². The SMILES string of the molecule is CC(C)(N)C(=O)Nc1ccc(N2CCCC2)c(F)c1. The van der Waals surface area contributed by atoms with Crippen LogP contribution in [-0.4, -0.2) is 24.5 Å². The number of halogens is 1. The van der Waals surface area contributed by atoms with E-state index in [0.717, 1.165) is 25.9 Å². The lowest BCUT2D eigenvalue weighted by molar-refractivity contribution is -0.120. The number of anilines is 2. The maximum absolute atomic E-state index is 14.0. The van der Waals surface area contributed by atoms with E-state index < -0.39 is 5.54 Å². The minimum atomic E-state index is -0.982. The quantitative estimate of drug-likeness (QED) is 0.880. The van der Waals surface area contributed by atoms with Crippen LogP contribution in [0.1, 0.15) is 26.7 Å². The lowest BCUT2D eigenvalue weighted by Crippen LogP contribution is -2.45. The third-order valence-electron chi connectivity index (χ3n) is 3.24. The molecule has 5 heteroatoms. The van der Waals surface area contributed by atoms with Crippen molar-refractivity contribution in [1.29, 1.82) is 0 Å². The molecule has 0 bridgehead atoms. The Balaban J connectivity index is 2.12. The summed E-state index contributed by atoms with van der Waals surface area (Å²) in [4.78, 5) is 13.7. The number of carbonyl (C=O) groups is 1. The van der Waals surface area contributed by atoms with E-state index in [4.69, 9.17) is 5.73 Å². The molecule has 0 atom stereocenters. The van der Waals surface area contributed by atoms with Gasteiger partial charge in [0.1, 0.15) is 5.82 Å². The molecule has 2 rings (SSSR count).